The molecule has 3 aromatic carbocycles. The second kappa shape index (κ2) is 4.20. The molecule has 2 nitrogen and oxygen atoms in total. The van der Waals surface area contributed by atoms with E-state index >= 15 is 0 Å². The van der Waals surface area contributed by atoms with Gasteiger partial charge in [-0.1, -0.05) is 42.0 Å². The van der Waals surface area contributed by atoms with Crippen LogP contribution in [-0.2, 0) is 0 Å². The predicted octanol–water partition coefficient (Wildman–Crippen LogP) is 4.96. The van der Waals surface area contributed by atoms with Gasteiger partial charge in [-0.05, 0) is 42.0 Å². The van der Waals surface area contributed by atoms with Crippen LogP contribution in [0.5, 0.6) is 0 Å². The Morgan fingerprint density at radius 1 is 0.850 bits per heavy atom. The maximum Gasteiger partial charge on any atom is 0.227 e. The zero-order valence-electron chi connectivity index (χ0n) is 11.1. The van der Waals surface area contributed by atoms with Gasteiger partial charge in [-0.25, -0.2) is 4.98 Å². The quantitative estimate of drug-likeness (QED) is 0.483. The van der Waals surface area contributed by atoms with Gasteiger partial charge in [-0.2, -0.15) is 0 Å². The Morgan fingerprint density at radius 2 is 1.65 bits per heavy atom. The zero-order valence-corrected chi connectivity index (χ0v) is 11.1. The van der Waals surface area contributed by atoms with Crippen LogP contribution in [-0.4, -0.2) is 4.98 Å². The molecule has 1 aromatic heterocycles. The van der Waals surface area contributed by atoms with Gasteiger partial charge in [-0.3, -0.25) is 0 Å². The van der Waals surface area contributed by atoms with E-state index in [0.717, 1.165) is 16.7 Å². The Bertz CT molecular complexity index is 888. The van der Waals surface area contributed by atoms with Gasteiger partial charge in [-0.15, -0.1) is 0 Å². The molecule has 0 unspecified atom stereocenters. The molecule has 0 fully saturated rings. The van der Waals surface area contributed by atoms with Crippen molar-refractivity contribution in [2.45, 2.75) is 6.92 Å². The van der Waals surface area contributed by atoms with Crippen molar-refractivity contribution >= 4 is 21.9 Å². The van der Waals surface area contributed by atoms with Gasteiger partial charge in [0.05, 0.1) is 0 Å². The third-order valence-corrected chi connectivity index (χ3v) is 3.54. The van der Waals surface area contributed by atoms with Crippen molar-refractivity contribution in [3.05, 3.63) is 66.2 Å². The minimum absolute atomic E-state index is 0.675. The molecule has 0 atom stereocenters. The van der Waals surface area contributed by atoms with E-state index in [1.54, 1.807) is 0 Å². The maximum absolute atomic E-state index is 5.82. The molecule has 0 amide bonds. The number of hydrogen-bond donors (Lipinski definition) is 0. The second-order valence-corrected chi connectivity index (χ2v) is 5.05. The molecule has 0 spiro atoms. The van der Waals surface area contributed by atoms with Crippen molar-refractivity contribution in [1.82, 2.24) is 4.98 Å². The summed E-state index contributed by atoms with van der Waals surface area (Å²) in [5.41, 5.74) is 4.00. The smallest absolute Gasteiger partial charge is 0.227 e. The van der Waals surface area contributed by atoms with E-state index in [0.29, 0.717) is 5.89 Å². The number of hydrogen-bond acceptors (Lipinski definition) is 2. The van der Waals surface area contributed by atoms with Crippen molar-refractivity contribution in [3.63, 3.8) is 0 Å². The molecule has 96 valence electrons. The van der Waals surface area contributed by atoms with Crippen LogP contribution in [0.2, 0.25) is 0 Å². The topological polar surface area (TPSA) is 26.0 Å². The van der Waals surface area contributed by atoms with Crippen LogP contribution < -0.4 is 0 Å². The first-order chi connectivity index (χ1) is 9.79. The molecule has 0 aliphatic heterocycles. The SMILES string of the molecule is Cc1ccc2cc(-c3nc4ccccc4o3)ccc2c1. The fraction of sp³-hybridized carbons (Fsp3) is 0.0556. The van der Waals surface area contributed by atoms with Crippen molar-refractivity contribution in [2.24, 2.45) is 0 Å². The molecule has 0 bridgehead atoms. The summed E-state index contributed by atoms with van der Waals surface area (Å²) in [6, 6.07) is 20.6. The molecule has 0 aliphatic rings. The summed E-state index contributed by atoms with van der Waals surface area (Å²) in [5.74, 6) is 0.675. The predicted molar refractivity (Wildman–Crippen MR) is 81.7 cm³/mol. The Balaban J connectivity index is 1.90. The summed E-state index contributed by atoms with van der Waals surface area (Å²) in [6.45, 7) is 2.11. The van der Waals surface area contributed by atoms with Crippen LogP contribution in [0.25, 0.3) is 33.3 Å². The Kier molecular flexibility index (Phi) is 2.36. The summed E-state index contributed by atoms with van der Waals surface area (Å²) in [7, 11) is 0. The number of benzene rings is 3. The van der Waals surface area contributed by atoms with Gasteiger partial charge in [0.2, 0.25) is 5.89 Å². The van der Waals surface area contributed by atoms with Crippen molar-refractivity contribution in [2.75, 3.05) is 0 Å². The highest BCUT2D eigenvalue weighted by atomic mass is 16.3. The molecular formula is C18H13NO. The molecule has 0 aliphatic carbocycles. The minimum Gasteiger partial charge on any atom is -0.436 e. The van der Waals surface area contributed by atoms with Gasteiger partial charge in [0, 0.05) is 5.56 Å². The maximum atomic E-state index is 5.82. The molecule has 0 radical (unpaired) electrons. The molecule has 0 saturated carbocycles. The average Bonchev–Trinajstić information content (AvgIpc) is 2.90. The van der Waals surface area contributed by atoms with Crippen LogP contribution in [0.3, 0.4) is 0 Å². The molecule has 4 rings (SSSR count). The van der Waals surface area contributed by atoms with E-state index in [4.69, 9.17) is 4.42 Å². The summed E-state index contributed by atoms with van der Waals surface area (Å²) < 4.78 is 5.82. The largest absolute Gasteiger partial charge is 0.436 e. The van der Waals surface area contributed by atoms with Crippen LogP contribution in [0.1, 0.15) is 5.56 Å². The summed E-state index contributed by atoms with van der Waals surface area (Å²) in [6.07, 6.45) is 0. The number of fused-ring (bicyclic) bond motifs is 2. The fourth-order valence-corrected chi connectivity index (χ4v) is 2.49. The van der Waals surface area contributed by atoms with Crippen molar-refractivity contribution in [1.29, 1.82) is 0 Å². The van der Waals surface area contributed by atoms with Crippen LogP contribution in [0.15, 0.2) is 65.1 Å². The lowest BCUT2D eigenvalue weighted by Gasteiger charge is -2.01. The zero-order chi connectivity index (χ0) is 13.5. The number of rotatable bonds is 1. The van der Waals surface area contributed by atoms with E-state index in [2.05, 4.69) is 48.3 Å². The molecular weight excluding hydrogens is 246 g/mol. The lowest BCUT2D eigenvalue weighted by Crippen LogP contribution is -1.80. The van der Waals surface area contributed by atoms with Gasteiger partial charge in [0.1, 0.15) is 5.52 Å². The van der Waals surface area contributed by atoms with E-state index in [9.17, 15) is 0 Å². The third-order valence-electron chi connectivity index (χ3n) is 3.54. The van der Waals surface area contributed by atoms with E-state index in [1.165, 1.54) is 16.3 Å². The first-order valence-electron chi connectivity index (χ1n) is 6.66. The van der Waals surface area contributed by atoms with Crippen LogP contribution >= 0.6 is 0 Å². The fourth-order valence-electron chi connectivity index (χ4n) is 2.49. The van der Waals surface area contributed by atoms with Gasteiger partial charge >= 0.3 is 0 Å². The Morgan fingerprint density at radius 3 is 2.55 bits per heavy atom. The van der Waals surface area contributed by atoms with E-state index in [-0.39, 0.29) is 0 Å². The Hall–Kier alpha value is -2.61. The summed E-state index contributed by atoms with van der Waals surface area (Å²) in [4.78, 5) is 4.54. The first-order valence-corrected chi connectivity index (χ1v) is 6.66. The van der Waals surface area contributed by atoms with E-state index in [1.807, 2.05) is 24.3 Å². The Labute approximate surface area is 116 Å². The summed E-state index contributed by atoms with van der Waals surface area (Å²) >= 11 is 0. The van der Waals surface area contributed by atoms with Crippen molar-refractivity contribution in [3.8, 4) is 11.5 Å². The number of nitrogens with zero attached hydrogens (tertiary/aromatic N) is 1. The van der Waals surface area contributed by atoms with E-state index < -0.39 is 0 Å². The highest BCUT2D eigenvalue weighted by Gasteiger charge is 2.08. The molecule has 0 N–H and O–H groups in total. The van der Waals surface area contributed by atoms with Gasteiger partial charge in [0.15, 0.2) is 5.58 Å². The normalized spacial score (nSPS) is 11.2. The average molecular weight is 259 g/mol. The number of aryl methyl sites for hydroxylation is 1. The lowest BCUT2D eigenvalue weighted by atomic mass is 10.0. The standard InChI is InChI=1S/C18H13NO/c1-12-6-7-14-11-15(9-8-13(14)10-12)18-19-16-4-2-3-5-17(16)20-18/h2-11H,1H3. The van der Waals surface area contributed by atoms with Gasteiger partial charge in [0.25, 0.3) is 0 Å². The molecule has 1 heterocycles. The lowest BCUT2D eigenvalue weighted by molar-refractivity contribution is 0.620. The highest BCUT2D eigenvalue weighted by molar-refractivity contribution is 5.87. The number of oxazole rings is 1. The molecule has 20 heavy (non-hydrogen) atoms. The molecule has 2 heteroatoms. The third kappa shape index (κ3) is 1.77. The van der Waals surface area contributed by atoms with Crippen LogP contribution in [0.4, 0.5) is 0 Å². The van der Waals surface area contributed by atoms with Gasteiger partial charge < -0.3 is 4.42 Å². The number of aromatic nitrogens is 1. The monoisotopic (exact) mass is 259 g/mol. The number of para-hydroxylation sites is 2. The van der Waals surface area contributed by atoms with Crippen molar-refractivity contribution < 1.29 is 4.42 Å². The molecule has 4 aromatic rings. The first kappa shape index (κ1) is 11.2. The summed E-state index contributed by atoms with van der Waals surface area (Å²) in [5, 5.41) is 2.44. The molecule has 0 saturated heterocycles. The van der Waals surface area contributed by atoms with Crippen LogP contribution in [0, 0.1) is 6.92 Å². The minimum atomic E-state index is 0.675. The second-order valence-electron chi connectivity index (χ2n) is 5.05. The highest BCUT2D eigenvalue weighted by Crippen LogP contribution is 2.27.